The van der Waals surface area contributed by atoms with Crippen LogP contribution in [-0.4, -0.2) is 25.9 Å². The third kappa shape index (κ3) is 2.96. The van der Waals surface area contributed by atoms with Crippen molar-refractivity contribution in [1.29, 1.82) is 0 Å². The number of fused-ring (bicyclic) bond motifs is 1. The highest BCUT2D eigenvalue weighted by Gasteiger charge is 2.22. The Bertz CT molecular complexity index is 409. The molecule has 2 rings (SSSR count). The zero-order valence-electron chi connectivity index (χ0n) is 11.7. The van der Waals surface area contributed by atoms with E-state index in [1.165, 1.54) is 5.56 Å². The molecule has 0 amide bonds. The maximum atomic E-state index is 5.91. The summed E-state index contributed by atoms with van der Waals surface area (Å²) in [5.41, 5.74) is 2.58. The van der Waals surface area contributed by atoms with E-state index in [-0.39, 0.29) is 11.5 Å². The Balaban J connectivity index is 2.11. The van der Waals surface area contributed by atoms with Crippen LogP contribution in [0.2, 0.25) is 0 Å². The van der Waals surface area contributed by atoms with E-state index in [1.54, 1.807) is 0 Å². The van der Waals surface area contributed by atoms with E-state index >= 15 is 0 Å². The summed E-state index contributed by atoms with van der Waals surface area (Å²) in [5.74, 6) is 0.930. The van der Waals surface area contributed by atoms with Crippen molar-refractivity contribution in [2.45, 2.75) is 39.2 Å². The topological polar surface area (TPSA) is 30.5 Å². The fourth-order valence-corrected chi connectivity index (χ4v) is 2.02. The van der Waals surface area contributed by atoms with E-state index in [9.17, 15) is 0 Å². The van der Waals surface area contributed by atoms with Gasteiger partial charge in [0, 0.05) is 6.61 Å². The lowest BCUT2D eigenvalue weighted by atomic mass is 9.86. The molecule has 1 aliphatic heterocycles. The number of benzene rings is 1. The van der Waals surface area contributed by atoms with Crippen molar-refractivity contribution in [2.24, 2.45) is 0 Å². The molecule has 3 heteroatoms. The second-order valence-corrected chi connectivity index (χ2v) is 5.74. The van der Waals surface area contributed by atoms with Crippen molar-refractivity contribution in [3.63, 3.8) is 0 Å². The lowest BCUT2D eigenvalue weighted by Crippen LogP contribution is -2.34. The maximum Gasteiger partial charge on any atom is 0.143 e. The summed E-state index contributed by atoms with van der Waals surface area (Å²) in [7, 11) is 0. The van der Waals surface area contributed by atoms with E-state index in [0.717, 1.165) is 24.6 Å². The van der Waals surface area contributed by atoms with Gasteiger partial charge in [0.1, 0.15) is 11.9 Å². The van der Waals surface area contributed by atoms with Crippen LogP contribution < -0.4 is 10.1 Å². The summed E-state index contributed by atoms with van der Waals surface area (Å²) in [4.78, 5) is 0. The van der Waals surface area contributed by atoms with E-state index in [0.29, 0.717) is 6.61 Å². The third-order valence-electron chi connectivity index (χ3n) is 3.17. The first-order chi connectivity index (χ1) is 8.50. The standard InChI is InChI=1S/C15H23NO2/c1-5-17-10-12-9-16-13-8-11(15(2,3)4)6-7-14(13)18-12/h6-8,12,16H,5,9-10H2,1-4H3. The van der Waals surface area contributed by atoms with Crippen LogP contribution in [0.5, 0.6) is 5.75 Å². The quantitative estimate of drug-likeness (QED) is 0.892. The minimum atomic E-state index is 0.109. The molecule has 1 heterocycles. The van der Waals surface area contributed by atoms with Crippen molar-refractivity contribution >= 4 is 5.69 Å². The summed E-state index contributed by atoms with van der Waals surface area (Å²) in [6, 6.07) is 6.39. The first-order valence-electron chi connectivity index (χ1n) is 6.63. The Morgan fingerprint density at radius 1 is 1.39 bits per heavy atom. The predicted octanol–water partition coefficient (Wildman–Crippen LogP) is 3.19. The van der Waals surface area contributed by atoms with Crippen LogP contribution in [0.3, 0.4) is 0 Å². The molecule has 1 unspecified atom stereocenters. The predicted molar refractivity (Wildman–Crippen MR) is 74.5 cm³/mol. The molecule has 0 bridgehead atoms. The molecule has 1 atom stereocenters. The van der Waals surface area contributed by atoms with E-state index in [1.807, 2.05) is 6.92 Å². The first-order valence-corrected chi connectivity index (χ1v) is 6.63. The molecular formula is C15H23NO2. The zero-order chi connectivity index (χ0) is 13.2. The van der Waals surface area contributed by atoms with Crippen LogP contribution in [0.25, 0.3) is 0 Å². The van der Waals surface area contributed by atoms with E-state index in [2.05, 4.69) is 44.3 Å². The second-order valence-electron chi connectivity index (χ2n) is 5.74. The molecule has 0 spiro atoms. The number of anilines is 1. The highest BCUT2D eigenvalue weighted by molar-refractivity contribution is 5.60. The maximum absolute atomic E-state index is 5.91. The Kier molecular flexibility index (Phi) is 3.81. The molecule has 1 aliphatic rings. The van der Waals surface area contributed by atoms with Gasteiger partial charge in [-0.25, -0.2) is 0 Å². The van der Waals surface area contributed by atoms with Crippen LogP contribution >= 0.6 is 0 Å². The molecule has 0 aliphatic carbocycles. The minimum absolute atomic E-state index is 0.109. The Morgan fingerprint density at radius 3 is 2.83 bits per heavy atom. The molecule has 0 fully saturated rings. The van der Waals surface area contributed by atoms with Gasteiger partial charge in [0.15, 0.2) is 0 Å². The lowest BCUT2D eigenvalue weighted by molar-refractivity contribution is 0.0598. The SMILES string of the molecule is CCOCC1CNc2cc(C(C)(C)C)ccc2O1. The van der Waals surface area contributed by atoms with Crippen molar-refractivity contribution in [2.75, 3.05) is 25.1 Å². The molecular weight excluding hydrogens is 226 g/mol. The smallest absolute Gasteiger partial charge is 0.143 e. The van der Waals surface area contributed by atoms with Gasteiger partial charge in [-0.1, -0.05) is 26.8 Å². The van der Waals surface area contributed by atoms with Crippen LogP contribution in [-0.2, 0) is 10.2 Å². The molecule has 0 radical (unpaired) electrons. The van der Waals surface area contributed by atoms with Crippen molar-refractivity contribution < 1.29 is 9.47 Å². The van der Waals surface area contributed by atoms with Crippen molar-refractivity contribution in [1.82, 2.24) is 0 Å². The molecule has 0 saturated heterocycles. The van der Waals surface area contributed by atoms with Crippen molar-refractivity contribution in [3.05, 3.63) is 23.8 Å². The highest BCUT2D eigenvalue weighted by atomic mass is 16.5. The average Bonchev–Trinajstić information content (AvgIpc) is 2.34. The highest BCUT2D eigenvalue weighted by Crippen LogP contribution is 2.34. The van der Waals surface area contributed by atoms with Crippen LogP contribution in [0.1, 0.15) is 33.3 Å². The summed E-state index contributed by atoms with van der Waals surface area (Å²) in [6.45, 7) is 10.8. The molecule has 0 saturated carbocycles. The van der Waals surface area contributed by atoms with Gasteiger partial charge in [-0.3, -0.25) is 0 Å². The fraction of sp³-hybridized carbons (Fsp3) is 0.600. The van der Waals surface area contributed by atoms with Gasteiger partial charge < -0.3 is 14.8 Å². The van der Waals surface area contributed by atoms with Gasteiger partial charge in [0.2, 0.25) is 0 Å². The summed E-state index contributed by atoms with van der Waals surface area (Å²) < 4.78 is 11.3. The Labute approximate surface area is 109 Å². The number of hydrogen-bond donors (Lipinski definition) is 1. The summed E-state index contributed by atoms with van der Waals surface area (Å²) in [6.07, 6.45) is 0.109. The lowest BCUT2D eigenvalue weighted by Gasteiger charge is -2.29. The summed E-state index contributed by atoms with van der Waals surface area (Å²) >= 11 is 0. The van der Waals surface area contributed by atoms with Crippen LogP contribution in [0, 0.1) is 0 Å². The average molecular weight is 249 g/mol. The number of nitrogens with one attached hydrogen (secondary N) is 1. The van der Waals surface area contributed by atoms with E-state index in [4.69, 9.17) is 9.47 Å². The molecule has 1 aromatic carbocycles. The molecule has 100 valence electrons. The summed E-state index contributed by atoms with van der Waals surface area (Å²) in [5, 5.41) is 3.43. The van der Waals surface area contributed by atoms with Crippen molar-refractivity contribution in [3.8, 4) is 5.75 Å². The Hall–Kier alpha value is -1.22. The van der Waals surface area contributed by atoms with E-state index < -0.39 is 0 Å². The first kappa shape index (κ1) is 13.2. The fourth-order valence-electron chi connectivity index (χ4n) is 2.02. The molecule has 18 heavy (non-hydrogen) atoms. The van der Waals surface area contributed by atoms with Gasteiger partial charge in [0.25, 0.3) is 0 Å². The molecule has 3 nitrogen and oxygen atoms in total. The number of rotatable bonds is 3. The minimum Gasteiger partial charge on any atom is -0.484 e. The van der Waals surface area contributed by atoms with Crippen LogP contribution in [0.4, 0.5) is 5.69 Å². The molecule has 1 aromatic rings. The Morgan fingerprint density at radius 2 is 2.17 bits per heavy atom. The van der Waals surface area contributed by atoms with Gasteiger partial charge in [-0.05, 0) is 30.0 Å². The monoisotopic (exact) mass is 249 g/mol. The largest absolute Gasteiger partial charge is 0.484 e. The van der Waals surface area contributed by atoms with Gasteiger partial charge in [-0.15, -0.1) is 0 Å². The number of hydrogen-bond acceptors (Lipinski definition) is 3. The van der Waals surface area contributed by atoms with Gasteiger partial charge in [0.05, 0.1) is 18.8 Å². The number of ether oxygens (including phenoxy) is 2. The second kappa shape index (κ2) is 5.19. The third-order valence-corrected chi connectivity index (χ3v) is 3.17. The normalized spacial score (nSPS) is 18.8. The van der Waals surface area contributed by atoms with Crippen LogP contribution in [0.15, 0.2) is 18.2 Å². The molecule has 0 aromatic heterocycles. The van der Waals surface area contributed by atoms with Gasteiger partial charge >= 0.3 is 0 Å². The zero-order valence-corrected chi connectivity index (χ0v) is 11.7. The molecule has 1 N–H and O–H groups in total. The van der Waals surface area contributed by atoms with Gasteiger partial charge in [-0.2, -0.15) is 0 Å².